The summed E-state index contributed by atoms with van der Waals surface area (Å²) in [6.45, 7) is 2.28. The van der Waals surface area contributed by atoms with Gasteiger partial charge in [0.25, 0.3) is 5.56 Å². The minimum atomic E-state index is -0.833. The fourth-order valence-electron chi connectivity index (χ4n) is 3.38. The number of hydrogen-bond donors (Lipinski definition) is 1. The van der Waals surface area contributed by atoms with Gasteiger partial charge in [0.2, 0.25) is 0 Å². The highest BCUT2D eigenvalue weighted by Gasteiger charge is 2.19. The average molecular weight is 407 g/mol. The maximum absolute atomic E-state index is 12.5. The minimum Gasteiger partial charge on any atom is -0.389 e. The first kappa shape index (κ1) is 19.5. The van der Waals surface area contributed by atoms with Crippen LogP contribution in [0.15, 0.2) is 77.2 Å². The summed E-state index contributed by atoms with van der Waals surface area (Å²) < 4.78 is 7.60. The van der Waals surface area contributed by atoms with E-state index in [9.17, 15) is 9.90 Å². The molecule has 29 heavy (non-hydrogen) atoms. The second-order valence-electron chi connectivity index (χ2n) is 6.98. The average Bonchev–Trinajstić information content (AvgIpc) is 3.22. The predicted molar refractivity (Wildman–Crippen MR) is 115 cm³/mol. The summed E-state index contributed by atoms with van der Waals surface area (Å²) in [4.78, 5) is 17.5. The van der Waals surface area contributed by atoms with Crippen LogP contribution >= 0.6 is 11.3 Å². The molecule has 2 heterocycles. The Kier molecular flexibility index (Phi) is 5.85. The number of aromatic nitrogens is 2. The van der Waals surface area contributed by atoms with Crippen molar-refractivity contribution < 1.29 is 9.84 Å². The molecule has 1 N–H and O–H groups in total. The van der Waals surface area contributed by atoms with E-state index >= 15 is 0 Å². The van der Waals surface area contributed by atoms with Crippen LogP contribution in [-0.2, 0) is 11.3 Å². The predicted octanol–water partition coefficient (Wildman–Crippen LogP) is 3.93. The summed E-state index contributed by atoms with van der Waals surface area (Å²) >= 11 is 1.43. The fourth-order valence-corrected chi connectivity index (χ4v) is 4.11. The Morgan fingerprint density at radius 1 is 1.10 bits per heavy atom. The van der Waals surface area contributed by atoms with Crippen molar-refractivity contribution in [3.8, 4) is 0 Å². The highest BCUT2D eigenvalue weighted by molar-refractivity contribution is 7.16. The van der Waals surface area contributed by atoms with Crippen LogP contribution in [-0.4, -0.2) is 27.4 Å². The summed E-state index contributed by atoms with van der Waals surface area (Å²) in [6, 6.07) is 19.8. The van der Waals surface area contributed by atoms with E-state index in [0.29, 0.717) is 10.2 Å². The molecule has 2 atom stereocenters. The van der Waals surface area contributed by atoms with Gasteiger partial charge in [0.1, 0.15) is 10.9 Å². The van der Waals surface area contributed by atoms with Gasteiger partial charge in [-0.15, -0.1) is 11.3 Å². The molecule has 0 spiro atoms. The first-order valence-corrected chi connectivity index (χ1v) is 10.3. The summed E-state index contributed by atoms with van der Waals surface area (Å²) in [6.07, 6.45) is 0.363. The first-order chi connectivity index (χ1) is 14.1. The lowest BCUT2D eigenvalue weighted by atomic mass is 9.97. The summed E-state index contributed by atoms with van der Waals surface area (Å²) in [5, 5.41) is 13.0. The van der Waals surface area contributed by atoms with Crippen molar-refractivity contribution in [2.24, 2.45) is 0 Å². The Morgan fingerprint density at radius 3 is 2.66 bits per heavy atom. The molecule has 0 bridgehead atoms. The molecule has 0 amide bonds. The number of nitrogens with zero attached hydrogens (tertiary/aromatic N) is 2. The number of ether oxygens (including phenoxy) is 1. The summed E-state index contributed by atoms with van der Waals surface area (Å²) in [5.74, 6) is 0. The van der Waals surface area contributed by atoms with Crippen molar-refractivity contribution in [1.82, 2.24) is 9.55 Å². The van der Waals surface area contributed by atoms with Gasteiger partial charge in [-0.25, -0.2) is 4.98 Å². The van der Waals surface area contributed by atoms with Crippen LogP contribution in [0.2, 0.25) is 0 Å². The number of aliphatic hydroxyl groups is 1. The van der Waals surface area contributed by atoms with Crippen LogP contribution in [0, 0.1) is 6.92 Å². The highest BCUT2D eigenvalue weighted by atomic mass is 32.1. The van der Waals surface area contributed by atoms with Crippen molar-refractivity contribution in [3.63, 3.8) is 0 Å². The van der Waals surface area contributed by atoms with Crippen LogP contribution in [0.25, 0.3) is 10.2 Å². The van der Waals surface area contributed by atoms with E-state index in [-0.39, 0.29) is 24.8 Å². The quantitative estimate of drug-likeness (QED) is 0.505. The molecule has 0 aliphatic carbocycles. The molecule has 0 radical (unpaired) electrons. The number of aliphatic hydroxyl groups excluding tert-OH is 1. The van der Waals surface area contributed by atoms with E-state index in [1.807, 2.05) is 66.9 Å². The fraction of sp³-hybridized carbons (Fsp3) is 0.217. The number of fused-ring (bicyclic) bond motifs is 1. The molecular formula is C23H22N2O3S. The summed E-state index contributed by atoms with van der Waals surface area (Å²) in [7, 11) is 0. The van der Waals surface area contributed by atoms with E-state index in [1.165, 1.54) is 22.2 Å². The first-order valence-electron chi connectivity index (χ1n) is 9.46. The lowest BCUT2D eigenvalue weighted by Gasteiger charge is -2.22. The summed E-state index contributed by atoms with van der Waals surface area (Å²) in [5.41, 5.74) is 3.06. The third-order valence-electron chi connectivity index (χ3n) is 4.89. The van der Waals surface area contributed by atoms with Gasteiger partial charge in [-0.2, -0.15) is 0 Å². The maximum atomic E-state index is 12.5. The molecule has 0 aliphatic rings. The van der Waals surface area contributed by atoms with Gasteiger partial charge in [0.15, 0.2) is 0 Å². The molecule has 0 unspecified atom stereocenters. The zero-order chi connectivity index (χ0) is 20.2. The monoisotopic (exact) mass is 406 g/mol. The molecule has 0 aliphatic heterocycles. The number of rotatable bonds is 7. The van der Waals surface area contributed by atoms with E-state index in [0.717, 1.165) is 16.7 Å². The second-order valence-corrected chi connectivity index (χ2v) is 7.87. The molecule has 4 aromatic rings. The molecule has 0 saturated carbocycles. The Bertz CT molecular complexity index is 1150. The lowest BCUT2D eigenvalue weighted by Crippen LogP contribution is -2.30. The molecule has 0 fully saturated rings. The van der Waals surface area contributed by atoms with Gasteiger partial charge in [-0.05, 0) is 35.1 Å². The van der Waals surface area contributed by atoms with Crippen LogP contribution in [0.3, 0.4) is 0 Å². The Hall–Kier alpha value is -2.80. The minimum absolute atomic E-state index is 0.0992. The topological polar surface area (TPSA) is 64.3 Å². The van der Waals surface area contributed by atoms with E-state index in [4.69, 9.17) is 4.74 Å². The lowest BCUT2D eigenvalue weighted by molar-refractivity contribution is -0.00118. The number of thiophene rings is 1. The highest BCUT2D eigenvalue weighted by Crippen LogP contribution is 2.28. The van der Waals surface area contributed by atoms with E-state index in [2.05, 4.69) is 4.98 Å². The SMILES string of the molecule is Cc1ccccc1[C@H](OC[C@H](O)Cn1cnc2sccc2c1=O)c1ccccc1. The van der Waals surface area contributed by atoms with Gasteiger partial charge in [0, 0.05) is 0 Å². The number of benzene rings is 2. The molecule has 148 valence electrons. The van der Waals surface area contributed by atoms with Crippen molar-refractivity contribution in [3.05, 3.63) is 99.4 Å². The standard InChI is InChI=1S/C23H22N2O3S/c1-16-7-5-6-10-19(16)21(17-8-3-2-4-9-17)28-14-18(26)13-25-15-24-22-20(23(25)27)11-12-29-22/h2-12,15,18,21,26H,13-14H2,1H3/t18-,21-/m1/s1. The van der Waals surface area contributed by atoms with Crippen molar-refractivity contribution in [2.75, 3.05) is 6.61 Å². The zero-order valence-electron chi connectivity index (χ0n) is 16.1. The van der Waals surface area contributed by atoms with Crippen LogP contribution < -0.4 is 5.56 Å². The zero-order valence-corrected chi connectivity index (χ0v) is 16.9. The van der Waals surface area contributed by atoms with Crippen LogP contribution in [0.5, 0.6) is 0 Å². The van der Waals surface area contributed by atoms with Crippen molar-refractivity contribution in [2.45, 2.75) is 25.7 Å². The van der Waals surface area contributed by atoms with Crippen molar-refractivity contribution >= 4 is 21.6 Å². The van der Waals surface area contributed by atoms with Gasteiger partial charge in [0.05, 0.1) is 31.0 Å². The molecular weight excluding hydrogens is 384 g/mol. The largest absolute Gasteiger partial charge is 0.389 e. The smallest absolute Gasteiger partial charge is 0.262 e. The molecule has 2 aromatic heterocycles. The molecule has 6 heteroatoms. The van der Waals surface area contributed by atoms with Crippen LogP contribution in [0.1, 0.15) is 22.8 Å². The van der Waals surface area contributed by atoms with Gasteiger partial charge >= 0.3 is 0 Å². The van der Waals surface area contributed by atoms with Gasteiger partial charge < -0.3 is 9.84 Å². The van der Waals surface area contributed by atoms with Crippen molar-refractivity contribution in [1.29, 1.82) is 0 Å². The number of aryl methyl sites for hydroxylation is 1. The maximum Gasteiger partial charge on any atom is 0.262 e. The molecule has 0 saturated heterocycles. The normalized spacial score (nSPS) is 13.4. The second kappa shape index (κ2) is 8.69. The van der Waals surface area contributed by atoms with Gasteiger partial charge in [-0.3, -0.25) is 9.36 Å². The molecule has 4 rings (SSSR count). The van der Waals surface area contributed by atoms with Crippen LogP contribution in [0.4, 0.5) is 0 Å². The van der Waals surface area contributed by atoms with E-state index in [1.54, 1.807) is 6.07 Å². The Labute approximate surface area is 172 Å². The molecule has 2 aromatic carbocycles. The Balaban J connectivity index is 1.51. The number of hydrogen-bond acceptors (Lipinski definition) is 5. The van der Waals surface area contributed by atoms with E-state index < -0.39 is 6.10 Å². The van der Waals surface area contributed by atoms with Gasteiger partial charge in [-0.1, -0.05) is 54.6 Å². The third kappa shape index (κ3) is 4.29. The molecule has 5 nitrogen and oxygen atoms in total. The Morgan fingerprint density at radius 2 is 1.86 bits per heavy atom. The third-order valence-corrected chi connectivity index (χ3v) is 5.71.